The fourth-order valence-corrected chi connectivity index (χ4v) is 2.62. The zero-order chi connectivity index (χ0) is 18.9. The van der Waals surface area contributed by atoms with Gasteiger partial charge < -0.3 is 15.1 Å². The molecule has 0 saturated carbocycles. The lowest BCUT2D eigenvalue weighted by Gasteiger charge is -2.12. The Labute approximate surface area is 157 Å². The highest BCUT2D eigenvalue weighted by atomic mass is 16.1. The minimum atomic E-state index is 0.0181. The molecule has 0 saturated heterocycles. The number of hydrogen-bond acceptors (Lipinski definition) is 4. The van der Waals surface area contributed by atoms with E-state index in [2.05, 4.69) is 21.2 Å². The molecule has 2 aromatic carbocycles. The summed E-state index contributed by atoms with van der Waals surface area (Å²) >= 11 is 0. The van der Waals surface area contributed by atoms with Crippen LogP contribution in [0, 0.1) is 0 Å². The van der Waals surface area contributed by atoms with Crippen LogP contribution < -0.4 is 5.32 Å². The predicted molar refractivity (Wildman–Crippen MR) is 111 cm³/mol. The highest BCUT2D eigenvalue weighted by molar-refractivity contribution is 6.07. The molecule has 4 nitrogen and oxygen atoms in total. The first-order valence-corrected chi connectivity index (χ1v) is 8.89. The van der Waals surface area contributed by atoms with E-state index >= 15 is 0 Å². The molecule has 138 valence electrons. The largest absolute Gasteiger partial charge is 0.384 e. The Kier molecular flexibility index (Phi) is 7.57. The predicted octanol–water partition coefficient (Wildman–Crippen LogP) is 3.62. The van der Waals surface area contributed by atoms with Gasteiger partial charge in [-0.2, -0.15) is 0 Å². The normalized spacial score (nSPS) is 11.5. The van der Waals surface area contributed by atoms with Crippen molar-refractivity contribution in [3.05, 3.63) is 71.3 Å². The smallest absolute Gasteiger partial charge is 0.185 e. The van der Waals surface area contributed by atoms with Crippen molar-refractivity contribution in [2.75, 3.05) is 46.6 Å². The number of carbonyl (C=O) groups excluding carboxylic acids is 1. The molecule has 0 amide bonds. The standard InChI is InChI=1S/C22H29N3O/c1-24(2)16-15-23-21-12-9-19(10-13-21)22(26)14-11-18-7-5-6-8-20(18)17-25(3)4/h5-14,23H,15-17H2,1-4H3. The lowest BCUT2D eigenvalue weighted by atomic mass is 10.0. The molecule has 2 rings (SSSR count). The van der Waals surface area contributed by atoms with Gasteiger partial charge in [-0.1, -0.05) is 30.3 Å². The fourth-order valence-electron chi connectivity index (χ4n) is 2.62. The summed E-state index contributed by atoms with van der Waals surface area (Å²) in [6.45, 7) is 2.70. The number of carbonyl (C=O) groups is 1. The molecule has 0 aliphatic carbocycles. The summed E-state index contributed by atoms with van der Waals surface area (Å²) in [6, 6.07) is 15.8. The van der Waals surface area contributed by atoms with Gasteiger partial charge >= 0.3 is 0 Å². The van der Waals surface area contributed by atoms with Crippen LogP contribution in [-0.4, -0.2) is 56.9 Å². The minimum absolute atomic E-state index is 0.0181. The summed E-state index contributed by atoms with van der Waals surface area (Å²) in [5.74, 6) is 0.0181. The van der Waals surface area contributed by atoms with Gasteiger partial charge in [-0.3, -0.25) is 4.79 Å². The van der Waals surface area contributed by atoms with Crippen LogP contribution >= 0.6 is 0 Å². The van der Waals surface area contributed by atoms with Gasteiger partial charge in [0.2, 0.25) is 0 Å². The second-order valence-electron chi connectivity index (χ2n) is 6.94. The van der Waals surface area contributed by atoms with E-state index in [0.29, 0.717) is 5.56 Å². The second-order valence-corrected chi connectivity index (χ2v) is 6.94. The van der Waals surface area contributed by atoms with Gasteiger partial charge in [0.05, 0.1) is 0 Å². The van der Waals surface area contributed by atoms with Crippen molar-refractivity contribution in [1.29, 1.82) is 0 Å². The van der Waals surface area contributed by atoms with Crippen molar-refractivity contribution in [1.82, 2.24) is 9.80 Å². The van der Waals surface area contributed by atoms with Gasteiger partial charge in [-0.15, -0.1) is 0 Å². The van der Waals surface area contributed by atoms with E-state index in [1.54, 1.807) is 6.08 Å². The summed E-state index contributed by atoms with van der Waals surface area (Å²) in [5, 5.41) is 3.35. The molecule has 0 atom stereocenters. The topological polar surface area (TPSA) is 35.6 Å². The third-order valence-electron chi connectivity index (χ3n) is 4.01. The molecule has 0 radical (unpaired) electrons. The first-order chi connectivity index (χ1) is 12.5. The van der Waals surface area contributed by atoms with E-state index in [1.807, 2.05) is 76.7 Å². The molecule has 0 spiro atoms. The Balaban J connectivity index is 2.00. The number of anilines is 1. The van der Waals surface area contributed by atoms with Crippen LogP contribution in [0.25, 0.3) is 6.08 Å². The van der Waals surface area contributed by atoms with Gasteiger partial charge in [-0.25, -0.2) is 0 Å². The third-order valence-corrected chi connectivity index (χ3v) is 4.01. The molecule has 0 heterocycles. The quantitative estimate of drug-likeness (QED) is 0.553. The van der Waals surface area contributed by atoms with Crippen LogP contribution in [0.15, 0.2) is 54.6 Å². The van der Waals surface area contributed by atoms with E-state index < -0.39 is 0 Å². The van der Waals surface area contributed by atoms with Gasteiger partial charge in [-0.05, 0) is 69.7 Å². The van der Waals surface area contributed by atoms with Gasteiger partial charge in [0.15, 0.2) is 5.78 Å². The number of rotatable bonds is 9. The molecule has 0 bridgehead atoms. The zero-order valence-corrected chi connectivity index (χ0v) is 16.2. The molecular formula is C22H29N3O. The van der Waals surface area contributed by atoms with E-state index in [0.717, 1.165) is 30.9 Å². The van der Waals surface area contributed by atoms with E-state index in [1.165, 1.54) is 5.56 Å². The molecular weight excluding hydrogens is 322 g/mol. The molecule has 0 aromatic heterocycles. The van der Waals surface area contributed by atoms with E-state index in [4.69, 9.17) is 0 Å². The minimum Gasteiger partial charge on any atom is -0.384 e. The van der Waals surface area contributed by atoms with E-state index in [-0.39, 0.29) is 5.78 Å². The third kappa shape index (κ3) is 6.47. The number of likely N-dealkylation sites (N-methyl/N-ethyl adjacent to an activating group) is 1. The van der Waals surface area contributed by atoms with Crippen LogP contribution in [0.4, 0.5) is 5.69 Å². The highest BCUT2D eigenvalue weighted by Gasteiger charge is 2.04. The van der Waals surface area contributed by atoms with Gasteiger partial charge in [0.1, 0.15) is 0 Å². The van der Waals surface area contributed by atoms with Crippen molar-refractivity contribution in [2.45, 2.75) is 6.54 Å². The van der Waals surface area contributed by atoms with Crippen LogP contribution in [0.3, 0.4) is 0 Å². The molecule has 0 fully saturated rings. The number of nitrogens with zero attached hydrogens (tertiary/aromatic N) is 2. The first-order valence-electron chi connectivity index (χ1n) is 8.89. The lowest BCUT2D eigenvalue weighted by molar-refractivity contribution is 0.104. The Bertz CT molecular complexity index is 733. The van der Waals surface area contributed by atoms with Crippen LogP contribution in [-0.2, 0) is 6.54 Å². The van der Waals surface area contributed by atoms with Crippen LogP contribution in [0.2, 0.25) is 0 Å². The molecule has 0 aliphatic rings. The Morgan fingerprint density at radius 1 is 0.962 bits per heavy atom. The van der Waals surface area contributed by atoms with Crippen molar-refractivity contribution >= 4 is 17.5 Å². The molecule has 1 N–H and O–H groups in total. The van der Waals surface area contributed by atoms with Crippen molar-refractivity contribution in [3.8, 4) is 0 Å². The Morgan fingerprint density at radius 2 is 1.65 bits per heavy atom. The first kappa shape index (κ1) is 19.9. The molecule has 26 heavy (non-hydrogen) atoms. The average molecular weight is 351 g/mol. The molecule has 4 heteroatoms. The van der Waals surface area contributed by atoms with Crippen LogP contribution in [0.5, 0.6) is 0 Å². The summed E-state index contributed by atoms with van der Waals surface area (Å²) in [6.07, 6.45) is 3.56. The molecule has 0 unspecified atom stereocenters. The maximum atomic E-state index is 12.4. The Hall–Kier alpha value is -2.43. The highest BCUT2D eigenvalue weighted by Crippen LogP contribution is 2.14. The second kappa shape index (κ2) is 9.90. The van der Waals surface area contributed by atoms with Gasteiger partial charge in [0.25, 0.3) is 0 Å². The van der Waals surface area contributed by atoms with Gasteiger partial charge in [0, 0.05) is 30.9 Å². The Morgan fingerprint density at radius 3 is 2.31 bits per heavy atom. The zero-order valence-electron chi connectivity index (χ0n) is 16.2. The monoisotopic (exact) mass is 351 g/mol. The van der Waals surface area contributed by atoms with Crippen molar-refractivity contribution < 1.29 is 4.79 Å². The number of allylic oxidation sites excluding steroid dienone is 1. The SMILES string of the molecule is CN(C)CCNc1ccc(C(=O)C=Cc2ccccc2CN(C)C)cc1. The fraction of sp³-hybridized carbons (Fsp3) is 0.318. The summed E-state index contributed by atoms with van der Waals surface area (Å²) in [4.78, 5) is 16.7. The number of benzene rings is 2. The molecule has 0 aliphatic heterocycles. The maximum absolute atomic E-state index is 12.4. The summed E-state index contributed by atoms with van der Waals surface area (Å²) < 4.78 is 0. The van der Waals surface area contributed by atoms with Crippen molar-refractivity contribution in [2.24, 2.45) is 0 Å². The van der Waals surface area contributed by atoms with E-state index in [9.17, 15) is 4.79 Å². The maximum Gasteiger partial charge on any atom is 0.185 e. The number of hydrogen-bond donors (Lipinski definition) is 1. The average Bonchev–Trinajstić information content (AvgIpc) is 2.60. The lowest BCUT2D eigenvalue weighted by Crippen LogP contribution is -2.20. The molecule has 2 aromatic rings. The summed E-state index contributed by atoms with van der Waals surface area (Å²) in [7, 11) is 8.18. The number of nitrogens with one attached hydrogen (secondary N) is 1. The summed E-state index contributed by atoms with van der Waals surface area (Å²) in [5.41, 5.74) is 4.02. The van der Waals surface area contributed by atoms with Crippen LogP contribution in [0.1, 0.15) is 21.5 Å². The number of ketones is 1. The van der Waals surface area contributed by atoms with Crippen molar-refractivity contribution in [3.63, 3.8) is 0 Å².